The van der Waals surface area contributed by atoms with Gasteiger partial charge in [-0.15, -0.1) is 0 Å². The summed E-state index contributed by atoms with van der Waals surface area (Å²) < 4.78 is 21.2. The third kappa shape index (κ3) is 3.25. The number of aryl methyl sites for hydroxylation is 1. The number of hydrogen-bond donors (Lipinski definition) is 1. The summed E-state index contributed by atoms with van der Waals surface area (Å²) in [5, 5.41) is 3.93. The normalized spacial score (nSPS) is 10.5. The van der Waals surface area contributed by atoms with E-state index in [9.17, 15) is 0 Å². The fourth-order valence-electron chi connectivity index (χ4n) is 1.92. The molecule has 0 saturated carbocycles. The van der Waals surface area contributed by atoms with Gasteiger partial charge in [0.05, 0.1) is 26.9 Å². The van der Waals surface area contributed by atoms with E-state index in [1.165, 1.54) is 0 Å². The molecule has 2 aromatic rings. The minimum atomic E-state index is 0.375. The van der Waals surface area contributed by atoms with Crippen molar-refractivity contribution in [3.8, 4) is 28.7 Å². The average molecular weight is 293 g/mol. The van der Waals surface area contributed by atoms with Gasteiger partial charge in [0.2, 0.25) is 0 Å². The lowest BCUT2D eigenvalue weighted by atomic mass is 10.1. The van der Waals surface area contributed by atoms with Crippen LogP contribution in [0.2, 0.25) is 0 Å². The molecule has 1 heterocycles. The quantitative estimate of drug-likeness (QED) is 0.829. The second kappa shape index (κ2) is 6.94. The van der Waals surface area contributed by atoms with Crippen molar-refractivity contribution in [3.05, 3.63) is 18.0 Å². The van der Waals surface area contributed by atoms with E-state index < -0.39 is 0 Å². The zero-order chi connectivity index (χ0) is 15.2. The van der Waals surface area contributed by atoms with Crippen molar-refractivity contribution in [1.82, 2.24) is 10.1 Å². The van der Waals surface area contributed by atoms with Gasteiger partial charge < -0.3 is 24.5 Å². The Balaban J connectivity index is 2.39. The van der Waals surface area contributed by atoms with Crippen molar-refractivity contribution < 1.29 is 18.7 Å². The number of hydrogen-bond acceptors (Lipinski definition) is 7. The summed E-state index contributed by atoms with van der Waals surface area (Å²) in [5.41, 5.74) is 6.13. The van der Waals surface area contributed by atoms with E-state index in [1.807, 2.05) is 0 Å². The number of rotatable bonds is 7. The van der Waals surface area contributed by atoms with Gasteiger partial charge in [0.1, 0.15) is 5.75 Å². The number of benzene rings is 1. The molecule has 0 aliphatic heterocycles. The van der Waals surface area contributed by atoms with Crippen molar-refractivity contribution in [2.24, 2.45) is 5.73 Å². The molecule has 0 aliphatic carbocycles. The molecule has 114 valence electrons. The minimum absolute atomic E-state index is 0.375. The summed E-state index contributed by atoms with van der Waals surface area (Å²) in [7, 11) is 4.69. The third-order valence-corrected chi connectivity index (χ3v) is 3.01. The molecule has 0 unspecified atom stereocenters. The Morgan fingerprint density at radius 2 is 1.71 bits per heavy atom. The molecular weight excluding hydrogens is 274 g/mol. The van der Waals surface area contributed by atoms with Crippen LogP contribution in [0, 0.1) is 0 Å². The van der Waals surface area contributed by atoms with Gasteiger partial charge in [-0.2, -0.15) is 4.98 Å². The maximum absolute atomic E-state index is 5.47. The predicted molar refractivity (Wildman–Crippen MR) is 76.8 cm³/mol. The monoisotopic (exact) mass is 293 g/mol. The van der Waals surface area contributed by atoms with Crippen LogP contribution in [0.3, 0.4) is 0 Å². The van der Waals surface area contributed by atoms with Crippen LogP contribution < -0.4 is 19.9 Å². The Morgan fingerprint density at radius 3 is 2.33 bits per heavy atom. The summed E-state index contributed by atoms with van der Waals surface area (Å²) in [6, 6.07) is 3.47. The lowest BCUT2D eigenvalue weighted by Gasteiger charge is -2.11. The number of nitrogens with zero attached hydrogens (tertiary/aromatic N) is 2. The molecule has 1 aromatic heterocycles. The van der Waals surface area contributed by atoms with Crippen LogP contribution in [-0.2, 0) is 6.42 Å². The highest BCUT2D eigenvalue weighted by molar-refractivity contribution is 5.68. The Bertz CT molecular complexity index is 598. The van der Waals surface area contributed by atoms with Gasteiger partial charge in [-0.05, 0) is 13.0 Å². The highest BCUT2D eigenvalue weighted by Gasteiger charge is 2.18. The first-order chi connectivity index (χ1) is 10.2. The van der Waals surface area contributed by atoms with Gasteiger partial charge in [0.25, 0.3) is 5.89 Å². The zero-order valence-corrected chi connectivity index (χ0v) is 12.4. The maximum atomic E-state index is 5.47. The molecule has 0 spiro atoms. The topological polar surface area (TPSA) is 92.6 Å². The van der Waals surface area contributed by atoms with Crippen LogP contribution in [0.15, 0.2) is 16.7 Å². The largest absolute Gasteiger partial charge is 0.496 e. The Labute approximate surface area is 123 Å². The molecule has 0 amide bonds. The van der Waals surface area contributed by atoms with E-state index in [0.29, 0.717) is 47.5 Å². The first-order valence-corrected chi connectivity index (χ1v) is 6.56. The summed E-state index contributed by atoms with van der Waals surface area (Å²) in [6.45, 7) is 0.587. The first kappa shape index (κ1) is 15.1. The first-order valence-electron chi connectivity index (χ1n) is 6.56. The van der Waals surface area contributed by atoms with E-state index >= 15 is 0 Å². The van der Waals surface area contributed by atoms with Crippen LogP contribution in [0.4, 0.5) is 0 Å². The second-order valence-corrected chi connectivity index (χ2v) is 4.32. The van der Waals surface area contributed by atoms with Crippen LogP contribution in [0.25, 0.3) is 11.5 Å². The van der Waals surface area contributed by atoms with Gasteiger partial charge in [-0.25, -0.2) is 0 Å². The van der Waals surface area contributed by atoms with Crippen molar-refractivity contribution >= 4 is 0 Å². The number of aromatic nitrogens is 2. The van der Waals surface area contributed by atoms with Crippen molar-refractivity contribution in [2.75, 3.05) is 27.9 Å². The summed E-state index contributed by atoms with van der Waals surface area (Å²) in [5.74, 6) is 2.70. The third-order valence-electron chi connectivity index (χ3n) is 3.01. The lowest BCUT2D eigenvalue weighted by molar-refractivity contribution is 0.348. The average Bonchev–Trinajstić information content (AvgIpc) is 3.00. The van der Waals surface area contributed by atoms with Crippen molar-refractivity contribution in [3.63, 3.8) is 0 Å². The Kier molecular flexibility index (Phi) is 4.99. The van der Waals surface area contributed by atoms with Gasteiger partial charge in [-0.1, -0.05) is 5.16 Å². The molecular formula is C14H19N3O4. The fourth-order valence-corrected chi connectivity index (χ4v) is 1.92. The SMILES string of the molecule is COc1cc(OC)c(-c2nc(CCCN)no2)cc1OC. The number of ether oxygens (including phenoxy) is 3. The smallest absolute Gasteiger partial charge is 0.261 e. The summed E-state index contributed by atoms with van der Waals surface area (Å²) in [4.78, 5) is 4.35. The van der Waals surface area contributed by atoms with Gasteiger partial charge >= 0.3 is 0 Å². The van der Waals surface area contributed by atoms with E-state index in [2.05, 4.69) is 10.1 Å². The summed E-state index contributed by atoms with van der Waals surface area (Å²) >= 11 is 0. The highest BCUT2D eigenvalue weighted by Crippen LogP contribution is 2.39. The fraction of sp³-hybridized carbons (Fsp3) is 0.429. The molecule has 2 N–H and O–H groups in total. The molecule has 1 aromatic carbocycles. The Morgan fingerprint density at radius 1 is 1.05 bits per heavy atom. The van der Waals surface area contributed by atoms with E-state index in [1.54, 1.807) is 33.5 Å². The number of methoxy groups -OCH3 is 3. The van der Waals surface area contributed by atoms with Crippen LogP contribution >= 0.6 is 0 Å². The lowest BCUT2D eigenvalue weighted by Crippen LogP contribution is -2.01. The van der Waals surface area contributed by atoms with Crippen molar-refractivity contribution in [2.45, 2.75) is 12.8 Å². The molecule has 7 heteroatoms. The van der Waals surface area contributed by atoms with E-state index in [4.69, 9.17) is 24.5 Å². The van der Waals surface area contributed by atoms with E-state index in [-0.39, 0.29) is 0 Å². The van der Waals surface area contributed by atoms with Gasteiger partial charge in [-0.3, -0.25) is 0 Å². The number of nitrogens with two attached hydrogens (primary N) is 1. The van der Waals surface area contributed by atoms with Crippen molar-refractivity contribution in [1.29, 1.82) is 0 Å². The minimum Gasteiger partial charge on any atom is -0.496 e. The van der Waals surface area contributed by atoms with E-state index in [0.717, 1.165) is 6.42 Å². The molecule has 7 nitrogen and oxygen atoms in total. The molecule has 0 bridgehead atoms. The molecule has 2 rings (SSSR count). The maximum Gasteiger partial charge on any atom is 0.261 e. The van der Waals surface area contributed by atoms with Gasteiger partial charge in [0.15, 0.2) is 17.3 Å². The highest BCUT2D eigenvalue weighted by atomic mass is 16.5. The van der Waals surface area contributed by atoms with Crippen LogP contribution in [0.1, 0.15) is 12.2 Å². The molecule has 0 saturated heterocycles. The standard InChI is InChI=1S/C14H19N3O4/c1-18-10-8-12(20-3)11(19-2)7-9(10)14-16-13(17-21-14)5-4-6-15/h7-8H,4-6,15H2,1-3H3. The van der Waals surface area contributed by atoms with Gasteiger partial charge in [0, 0.05) is 18.6 Å². The molecule has 0 atom stereocenters. The molecule has 0 aliphatic rings. The van der Waals surface area contributed by atoms with Crippen LogP contribution in [-0.4, -0.2) is 38.0 Å². The zero-order valence-electron chi connectivity index (χ0n) is 12.4. The van der Waals surface area contributed by atoms with Crippen LogP contribution in [0.5, 0.6) is 17.2 Å². The predicted octanol–water partition coefficient (Wildman–Crippen LogP) is 1.65. The molecule has 0 radical (unpaired) electrons. The molecule has 21 heavy (non-hydrogen) atoms. The summed E-state index contributed by atoms with van der Waals surface area (Å²) in [6.07, 6.45) is 1.48. The second-order valence-electron chi connectivity index (χ2n) is 4.32. The molecule has 0 fully saturated rings. The Hall–Kier alpha value is -2.28.